The normalized spacial score (nSPS) is 20.7. The summed E-state index contributed by atoms with van der Waals surface area (Å²) in [4.78, 5) is 88.8. The molecular formula is C60H81ClN16O6. The molecule has 6 aromatic rings. The van der Waals surface area contributed by atoms with Crippen LogP contribution in [0.25, 0.3) is 22.1 Å². The van der Waals surface area contributed by atoms with Crippen molar-refractivity contribution in [2.45, 2.75) is 166 Å². The van der Waals surface area contributed by atoms with Crippen LogP contribution in [-0.4, -0.2) is 172 Å². The Labute approximate surface area is 491 Å². The van der Waals surface area contributed by atoms with Crippen molar-refractivity contribution in [3.05, 3.63) is 77.9 Å². The summed E-state index contributed by atoms with van der Waals surface area (Å²) in [6, 6.07) is 12.9. The highest BCUT2D eigenvalue weighted by atomic mass is 35.5. The predicted octanol–water partition coefficient (Wildman–Crippen LogP) is 10.1. The largest absolute Gasteiger partial charge is 0.444 e. The van der Waals surface area contributed by atoms with Gasteiger partial charge in [-0.15, -0.1) is 0 Å². The van der Waals surface area contributed by atoms with E-state index in [-0.39, 0.29) is 59.5 Å². The van der Waals surface area contributed by atoms with E-state index < -0.39 is 11.2 Å². The van der Waals surface area contributed by atoms with Gasteiger partial charge in [0.15, 0.2) is 0 Å². The number of ether oxygens (including phenoxy) is 2. The number of nitrogens with two attached hydrogens (primary N) is 1. The molecule has 4 bridgehead atoms. The first-order valence-electron chi connectivity index (χ1n) is 29.3. The predicted molar refractivity (Wildman–Crippen MR) is 321 cm³/mol. The molecule has 2 aliphatic carbocycles. The number of pyridine rings is 2. The lowest BCUT2D eigenvalue weighted by atomic mass is 10.1. The molecule has 444 valence electrons. The molecular weight excluding hydrogens is 1080 g/mol. The Morgan fingerprint density at radius 1 is 0.554 bits per heavy atom. The number of piperazine rings is 2. The number of carbonyl (C=O) groups is 4. The highest BCUT2D eigenvalue weighted by Crippen LogP contribution is 2.39. The van der Waals surface area contributed by atoms with Gasteiger partial charge in [-0.2, -0.15) is 9.97 Å². The van der Waals surface area contributed by atoms with Crippen molar-refractivity contribution in [3.63, 3.8) is 0 Å². The molecule has 4 amide bonds. The van der Waals surface area contributed by atoms with Crippen LogP contribution in [-0.2, 0) is 9.47 Å². The van der Waals surface area contributed by atoms with Crippen molar-refractivity contribution in [1.82, 2.24) is 58.6 Å². The number of carbonyl (C=O) groups excluding carboxylic acids is 4. The molecule has 4 aliphatic heterocycles. The number of rotatable bonds is 8. The van der Waals surface area contributed by atoms with E-state index in [1.807, 2.05) is 93.9 Å². The average Bonchev–Trinajstić information content (AvgIpc) is 2.71. The van der Waals surface area contributed by atoms with Gasteiger partial charge in [0.1, 0.15) is 45.5 Å². The molecule has 0 spiro atoms. The highest BCUT2D eigenvalue weighted by molar-refractivity contribution is 6.28. The molecule has 3 N–H and O–H groups in total. The molecule has 6 aliphatic rings. The first-order chi connectivity index (χ1) is 39.5. The molecule has 2 saturated carbocycles. The summed E-state index contributed by atoms with van der Waals surface area (Å²) in [6.45, 7) is 14.6. The maximum atomic E-state index is 13.0. The van der Waals surface area contributed by atoms with Crippen LogP contribution < -0.4 is 20.9 Å². The van der Waals surface area contributed by atoms with Crippen molar-refractivity contribution in [2.75, 3.05) is 75.2 Å². The monoisotopic (exact) mass is 1160 g/mol. The number of hydrogen-bond acceptors (Lipinski definition) is 16. The second-order valence-electron chi connectivity index (χ2n) is 25.3. The number of anilines is 5. The van der Waals surface area contributed by atoms with Gasteiger partial charge < -0.3 is 49.3 Å². The maximum Gasteiger partial charge on any atom is 0.410 e. The topological polar surface area (TPSA) is 231 Å². The zero-order valence-electron chi connectivity index (χ0n) is 49.7. The van der Waals surface area contributed by atoms with E-state index in [0.29, 0.717) is 35.0 Å². The number of aromatic nitrogens is 8. The lowest BCUT2D eigenvalue weighted by molar-refractivity contribution is 0.0112. The standard InChI is InChI=1S/C30H40N8O3.C16H24N4O2.C14H17ClN4O/c1-30(2,3)41-29(40)37-22-10-11-23(37)18-36(17-22)21-12-13-25(31-16-21)33-28-32-15-19-14-24(27(39)35(4)5)38(26(19)34-28)20-8-6-7-9-20;1-16(2,3)22-15(21)20-12-4-5-13(20)10-19(9-12)11-6-7-14(17)18-8-11;1-18(2)13(20)11-7-9-8-16-14(15)17-12(9)19(11)10-5-3-4-6-10/h12-16,20,22-23H,6-11,17-18H2,1-5H3,(H,31,32,33,34);6-8,12-13H,4-5,9-10H2,1-3H3,(H2,17,18);7-8,10H,3-6H2,1-2H3. The Kier molecular flexibility index (Phi) is 17.0. The van der Waals surface area contributed by atoms with Crippen LogP contribution in [0.15, 0.2) is 61.2 Å². The third-order valence-corrected chi connectivity index (χ3v) is 16.6. The number of fused-ring (bicyclic) bond motifs is 6. The van der Waals surface area contributed by atoms with Crippen molar-refractivity contribution < 1.29 is 28.7 Å². The van der Waals surface area contributed by atoms with E-state index in [4.69, 9.17) is 31.8 Å². The number of halogens is 1. The summed E-state index contributed by atoms with van der Waals surface area (Å²) < 4.78 is 15.4. The van der Waals surface area contributed by atoms with Crippen molar-refractivity contribution >= 4 is 86.6 Å². The van der Waals surface area contributed by atoms with Crippen LogP contribution in [0.3, 0.4) is 0 Å². The zero-order valence-corrected chi connectivity index (χ0v) is 50.5. The minimum atomic E-state index is -0.500. The summed E-state index contributed by atoms with van der Waals surface area (Å²) >= 11 is 5.92. The molecule has 4 atom stereocenters. The summed E-state index contributed by atoms with van der Waals surface area (Å²) in [5.41, 5.74) is 9.65. The molecule has 22 nitrogen and oxygen atoms in total. The molecule has 0 radical (unpaired) electrons. The van der Waals surface area contributed by atoms with Gasteiger partial charge in [-0.25, -0.2) is 29.5 Å². The number of nitrogens with one attached hydrogen (secondary N) is 1. The van der Waals surface area contributed by atoms with E-state index in [0.717, 1.165) is 124 Å². The minimum Gasteiger partial charge on any atom is -0.444 e. The van der Waals surface area contributed by atoms with Gasteiger partial charge >= 0.3 is 12.2 Å². The third kappa shape index (κ3) is 13.2. The first-order valence-corrected chi connectivity index (χ1v) is 29.7. The fourth-order valence-corrected chi connectivity index (χ4v) is 12.8. The minimum absolute atomic E-state index is 0.00831. The molecule has 10 heterocycles. The van der Waals surface area contributed by atoms with Crippen molar-refractivity contribution in [3.8, 4) is 0 Å². The Morgan fingerprint density at radius 2 is 0.976 bits per heavy atom. The molecule has 6 fully saturated rings. The Bertz CT molecular complexity index is 3280. The summed E-state index contributed by atoms with van der Waals surface area (Å²) in [7, 11) is 7.08. The van der Waals surface area contributed by atoms with Gasteiger partial charge in [-0.3, -0.25) is 19.4 Å². The summed E-state index contributed by atoms with van der Waals surface area (Å²) in [5, 5.41) is 5.19. The Hall–Kier alpha value is -7.49. The van der Waals surface area contributed by atoms with Crippen molar-refractivity contribution in [2.24, 2.45) is 0 Å². The molecule has 83 heavy (non-hydrogen) atoms. The fraction of sp³-hybridized carbons (Fsp3) is 0.567. The van der Waals surface area contributed by atoms with Crippen LogP contribution in [0.5, 0.6) is 0 Å². The van der Waals surface area contributed by atoms with Gasteiger partial charge in [0.2, 0.25) is 11.2 Å². The second kappa shape index (κ2) is 24.0. The zero-order chi connectivity index (χ0) is 59.1. The molecule has 0 aromatic carbocycles. The lowest BCUT2D eigenvalue weighted by Crippen LogP contribution is -2.56. The molecule has 4 unspecified atom stereocenters. The van der Waals surface area contributed by atoms with E-state index in [2.05, 4.69) is 49.2 Å². The van der Waals surface area contributed by atoms with E-state index in [1.54, 1.807) is 56.6 Å². The third-order valence-electron chi connectivity index (χ3n) is 16.4. The molecule has 6 aromatic heterocycles. The number of nitrogens with zero attached hydrogens (tertiary/aromatic N) is 14. The van der Waals surface area contributed by atoms with Crippen LogP contribution in [0.1, 0.15) is 152 Å². The number of amides is 4. The summed E-state index contributed by atoms with van der Waals surface area (Å²) in [5.74, 6) is 1.59. The molecule has 23 heteroatoms. The summed E-state index contributed by atoms with van der Waals surface area (Å²) in [6.07, 6.45) is 19.7. The smallest absolute Gasteiger partial charge is 0.410 e. The highest BCUT2D eigenvalue weighted by Gasteiger charge is 2.46. The Morgan fingerprint density at radius 3 is 1.37 bits per heavy atom. The first kappa shape index (κ1) is 58.7. The van der Waals surface area contributed by atoms with Crippen LogP contribution in [0, 0.1) is 0 Å². The van der Waals surface area contributed by atoms with Crippen LogP contribution >= 0.6 is 11.6 Å². The van der Waals surface area contributed by atoms with E-state index in [9.17, 15) is 19.2 Å². The van der Waals surface area contributed by atoms with Gasteiger partial charge in [0.25, 0.3) is 11.8 Å². The van der Waals surface area contributed by atoms with E-state index >= 15 is 0 Å². The number of hydrogen-bond donors (Lipinski definition) is 2. The van der Waals surface area contributed by atoms with Crippen LogP contribution in [0.2, 0.25) is 5.28 Å². The average molecular weight is 1160 g/mol. The SMILES string of the molecule is CC(C)(C)OC(=O)N1C2CCC1CN(c1ccc(N)nc1)C2.CN(C)C(=O)c1cc2cnc(Cl)nc2n1C1CCCC1.CN(C)C(=O)c1cc2cnc(Nc3ccc(N4CC5CCC(C4)N5C(=O)OC(C)(C)C)cn3)nc2n1C1CCCC1. The Balaban J connectivity index is 0.000000154. The maximum absolute atomic E-state index is 13.0. The van der Waals surface area contributed by atoms with Crippen molar-refractivity contribution in [1.29, 1.82) is 0 Å². The van der Waals surface area contributed by atoms with Gasteiger partial charge in [0.05, 0.1) is 47.9 Å². The number of nitrogen functional groups attached to an aromatic ring is 1. The lowest BCUT2D eigenvalue weighted by Gasteiger charge is -2.42. The quantitative estimate of drug-likeness (QED) is 0.135. The van der Waals surface area contributed by atoms with Gasteiger partial charge in [-0.1, -0.05) is 25.7 Å². The van der Waals surface area contributed by atoms with Gasteiger partial charge in [-0.05, 0) is 141 Å². The fourth-order valence-electron chi connectivity index (χ4n) is 12.7. The second-order valence-corrected chi connectivity index (χ2v) is 25.6. The molecule has 4 saturated heterocycles. The molecule has 12 rings (SSSR count). The van der Waals surface area contributed by atoms with Crippen LogP contribution in [0.4, 0.5) is 38.5 Å². The van der Waals surface area contributed by atoms with E-state index in [1.165, 1.54) is 12.8 Å². The van der Waals surface area contributed by atoms with Gasteiger partial charge in [0, 0.05) is 89.6 Å².